The van der Waals surface area contributed by atoms with Crippen molar-refractivity contribution in [1.29, 1.82) is 0 Å². The van der Waals surface area contributed by atoms with Crippen LogP contribution in [-0.4, -0.2) is 76.8 Å². The van der Waals surface area contributed by atoms with E-state index in [4.69, 9.17) is 11.5 Å². The summed E-state index contributed by atoms with van der Waals surface area (Å²) in [6.07, 6.45) is 4.68. The number of allylic oxidation sites excluding steroid dienone is 1. The third-order valence-corrected chi connectivity index (χ3v) is 4.55. The van der Waals surface area contributed by atoms with Gasteiger partial charge in [0, 0.05) is 56.4 Å². The number of hydrogen-bond donors (Lipinski definition) is 3. The van der Waals surface area contributed by atoms with Crippen molar-refractivity contribution in [2.24, 2.45) is 16.5 Å². The standard InChI is InChI=1S/C18H28N8O2/c1-4-14(19)13(16(20)24-17(27)15-10-21-5-6-23-15)11-25(3)18(28)26-8-7-22-9-12(26)2/h5-6,10,12,22H,4,7-9,11,19H2,1-3H3,(H2,20,24,27)/b14-13-. The Morgan fingerprint density at radius 1 is 1.39 bits per heavy atom. The van der Waals surface area contributed by atoms with Crippen molar-refractivity contribution in [2.75, 3.05) is 33.2 Å². The Hall–Kier alpha value is -3.01. The van der Waals surface area contributed by atoms with Gasteiger partial charge in [0.15, 0.2) is 0 Å². The Balaban J connectivity index is 2.18. The van der Waals surface area contributed by atoms with Gasteiger partial charge in [-0.25, -0.2) is 9.78 Å². The third-order valence-electron chi connectivity index (χ3n) is 4.55. The molecule has 1 fully saturated rings. The molecule has 1 aliphatic rings. The average molecular weight is 388 g/mol. The zero-order valence-corrected chi connectivity index (χ0v) is 16.6. The predicted octanol–water partition coefficient (Wildman–Crippen LogP) is -0.0577. The molecule has 0 radical (unpaired) electrons. The number of nitrogens with two attached hydrogens (primary N) is 2. The first-order valence-corrected chi connectivity index (χ1v) is 9.20. The van der Waals surface area contributed by atoms with Crippen LogP contribution in [0.4, 0.5) is 4.79 Å². The number of amidine groups is 1. The van der Waals surface area contributed by atoms with Crippen LogP contribution in [0.1, 0.15) is 30.8 Å². The van der Waals surface area contributed by atoms with Crippen LogP contribution in [0.25, 0.3) is 0 Å². The topological polar surface area (TPSA) is 143 Å². The van der Waals surface area contributed by atoms with Gasteiger partial charge in [-0.1, -0.05) is 6.92 Å². The molecule has 10 heteroatoms. The van der Waals surface area contributed by atoms with Gasteiger partial charge in [-0.15, -0.1) is 0 Å². The highest BCUT2D eigenvalue weighted by atomic mass is 16.2. The van der Waals surface area contributed by atoms with E-state index in [1.165, 1.54) is 23.5 Å². The van der Waals surface area contributed by atoms with E-state index in [1.54, 1.807) is 11.9 Å². The summed E-state index contributed by atoms with van der Waals surface area (Å²) in [5.74, 6) is -0.639. The fourth-order valence-electron chi connectivity index (χ4n) is 2.85. The van der Waals surface area contributed by atoms with Gasteiger partial charge in [-0.3, -0.25) is 9.78 Å². The molecule has 2 rings (SSSR count). The van der Waals surface area contributed by atoms with Crippen molar-refractivity contribution in [3.05, 3.63) is 35.6 Å². The molecule has 5 N–H and O–H groups in total. The first-order chi connectivity index (χ1) is 13.3. The first-order valence-electron chi connectivity index (χ1n) is 9.20. The van der Waals surface area contributed by atoms with E-state index in [0.29, 0.717) is 24.2 Å². The van der Waals surface area contributed by atoms with Crippen molar-refractivity contribution in [2.45, 2.75) is 26.3 Å². The van der Waals surface area contributed by atoms with Crippen molar-refractivity contribution in [3.8, 4) is 0 Å². The zero-order chi connectivity index (χ0) is 20.7. The Kier molecular flexibility index (Phi) is 7.44. The number of rotatable bonds is 5. The van der Waals surface area contributed by atoms with Crippen LogP contribution in [0.5, 0.6) is 0 Å². The molecule has 10 nitrogen and oxygen atoms in total. The summed E-state index contributed by atoms with van der Waals surface area (Å²) in [6, 6.07) is -0.0349. The second-order valence-corrected chi connectivity index (χ2v) is 6.64. The second-order valence-electron chi connectivity index (χ2n) is 6.64. The Bertz CT molecular complexity index is 762. The summed E-state index contributed by atoms with van der Waals surface area (Å²) in [6.45, 7) is 6.13. The van der Waals surface area contributed by atoms with E-state index >= 15 is 0 Å². The molecule has 3 amide bonds. The summed E-state index contributed by atoms with van der Waals surface area (Å²) >= 11 is 0. The molecule has 0 aromatic carbocycles. The highest BCUT2D eigenvalue weighted by Crippen LogP contribution is 2.11. The van der Waals surface area contributed by atoms with Crippen LogP contribution in [0.3, 0.4) is 0 Å². The summed E-state index contributed by atoms with van der Waals surface area (Å²) in [4.78, 5) is 40.1. The maximum absolute atomic E-state index is 12.8. The molecule has 0 aliphatic carbocycles. The van der Waals surface area contributed by atoms with Crippen LogP contribution in [0.15, 0.2) is 34.9 Å². The Morgan fingerprint density at radius 3 is 2.75 bits per heavy atom. The van der Waals surface area contributed by atoms with Gasteiger partial charge in [-0.2, -0.15) is 4.99 Å². The lowest BCUT2D eigenvalue weighted by atomic mass is 10.1. The molecule has 1 atom stereocenters. The predicted molar refractivity (Wildman–Crippen MR) is 107 cm³/mol. The fraction of sp³-hybridized carbons (Fsp3) is 0.500. The molecule has 1 saturated heterocycles. The molecule has 0 spiro atoms. The van der Waals surface area contributed by atoms with E-state index in [9.17, 15) is 9.59 Å². The summed E-state index contributed by atoms with van der Waals surface area (Å²) in [7, 11) is 1.68. The largest absolute Gasteiger partial charge is 0.402 e. The Labute approximate surface area is 164 Å². The number of likely N-dealkylation sites (N-methyl/N-ethyl adjacent to an activating group) is 1. The highest BCUT2D eigenvalue weighted by molar-refractivity contribution is 6.08. The third kappa shape index (κ3) is 5.26. The molecular weight excluding hydrogens is 360 g/mol. The van der Waals surface area contributed by atoms with E-state index in [-0.39, 0.29) is 30.1 Å². The number of carbonyl (C=O) groups is 2. The fourth-order valence-corrected chi connectivity index (χ4v) is 2.85. The maximum Gasteiger partial charge on any atom is 0.320 e. The van der Waals surface area contributed by atoms with E-state index < -0.39 is 5.91 Å². The lowest BCUT2D eigenvalue weighted by molar-refractivity contribution is 0.0997. The number of nitrogens with zero attached hydrogens (tertiary/aromatic N) is 5. The SMILES string of the molecule is CC/C(N)=C(\CN(C)C(=O)N1CCNCC1C)C(N)=NC(=O)c1cnccn1. The number of urea groups is 1. The second kappa shape index (κ2) is 9.79. The monoisotopic (exact) mass is 388 g/mol. The van der Waals surface area contributed by atoms with Crippen LogP contribution in [0.2, 0.25) is 0 Å². The van der Waals surface area contributed by atoms with Gasteiger partial charge in [0.1, 0.15) is 11.5 Å². The molecule has 1 aromatic rings. The molecule has 152 valence electrons. The van der Waals surface area contributed by atoms with Gasteiger partial charge in [0.05, 0.1) is 12.7 Å². The summed E-state index contributed by atoms with van der Waals surface area (Å²) in [5, 5.41) is 3.25. The quantitative estimate of drug-likeness (QED) is 0.474. The normalized spacial score (nSPS) is 18.5. The summed E-state index contributed by atoms with van der Waals surface area (Å²) < 4.78 is 0. The molecule has 1 aromatic heterocycles. The highest BCUT2D eigenvalue weighted by Gasteiger charge is 2.26. The molecule has 1 aliphatic heterocycles. The van der Waals surface area contributed by atoms with E-state index in [0.717, 1.165) is 13.1 Å². The minimum Gasteiger partial charge on any atom is -0.402 e. The number of aromatic nitrogens is 2. The molecule has 0 saturated carbocycles. The lowest BCUT2D eigenvalue weighted by Crippen LogP contribution is -2.55. The number of aliphatic imine (C=N–C) groups is 1. The molecular formula is C18H28N8O2. The molecule has 0 bridgehead atoms. The smallest absolute Gasteiger partial charge is 0.320 e. The number of hydrogen-bond acceptors (Lipinski definition) is 6. The minimum atomic E-state index is -0.614. The van der Waals surface area contributed by atoms with Gasteiger partial charge in [0.25, 0.3) is 5.91 Å². The van der Waals surface area contributed by atoms with Crippen molar-refractivity contribution < 1.29 is 9.59 Å². The van der Waals surface area contributed by atoms with Gasteiger partial charge < -0.3 is 26.6 Å². The molecule has 28 heavy (non-hydrogen) atoms. The van der Waals surface area contributed by atoms with E-state index in [2.05, 4.69) is 20.3 Å². The van der Waals surface area contributed by atoms with E-state index in [1.807, 2.05) is 13.8 Å². The Morgan fingerprint density at radius 2 is 2.14 bits per heavy atom. The molecule has 1 unspecified atom stereocenters. The molecule has 2 heterocycles. The van der Waals surface area contributed by atoms with Crippen LogP contribution in [-0.2, 0) is 0 Å². The number of nitrogens with one attached hydrogen (secondary N) is 1. The number of piperazine rings is 1. The van der Waals surface area contributed by atoms with Crippen LogP contribution >= 0.6 is 0 Å². The number of carbonyl (C=O) groups excluding carboxylic acids is 2. The van der Waals surface area contributed by atoms with Crippen molar-refractivity contribution >= 4 is 17.8 Å². The van der Waals surface area contributed by atoms with Gasteiger partial charge in [-0.05, 0) is 13.3 Å². The van der Waals surface area contributed by atoms with Gasteiger partial charge >= 0.3 is 6.03 Å². The lowest BCUT2D eigenvalue weighted by Gasteiger charge is -2.36. The van der Waals surface area contributed by atoms with Crippen molar-refractivity contribution in [1.82, 2.24) is 25.1 Å². The van der Waals surface area contributed by atoms with Crippen LogP contribution < -0.4 is 16.8 Å². The van der Waals surface area contributed by atoms with Gasteiger partial charge in [0.2, 0.25) is 0 Å². The maximum atomic E-state index is 12.8. The van der Waals surface area contributed by atoms with Crippen molar-refractivity contribution in [3.63, 3.8) is 0 Å². The first kappa shape index (κ1) is 21.3. The zero-order valence-electron chi connectivity index (χ0n) is 16.6. The summed E-state index contributed by atoms with van der Waals surface area (Å²) in [5.41, 5.74) is 13.2. The average Bonchev–Trinajstić information content (AvgIpc) is 2.71. The van der Waals surface area contributed by atoms with Crippen LogP contribution in [0, 0.1) is 0 Å². The number of amides is 3. The minimum absolute atomic E-state index is 0.0250.